The maximum absolute atomic E-state index is 6.71. The van der Waals surface area contributed by atoms with Gasteiger partial charge in [-0.25, -0.2) is 0 Å². The van der Waals surface area contributed by atoms with Gasteiger partial charge >= 0.3 is 0 Å². The van der Waals surface area contributed by atoms with Gasteiger partial charge in [-0.3, -0.25) is 0 Å². The minimum atomic E-state index is -2.69. The Morgan fingerprint density at radius 1 is 0.340 bits per heavy atom. The number of fused-ring (bicyclic) bond motifs is 6. The molecule has 0 unspecified atom stereocenters. The Hall–Kier alpha value is -6.68. The minimum Gasteiger partial charge on any atom is -0.455 e. The SMILES string of the molecule is c1ccc([Si](c2ccccc2)(c2ccccc2)c2ccc(N(c3cccc4ccccc34)c3cccc4ccc5c6ccccc6oc5c34)cc2)cc1. The van der Waals surface area contributed by atoms with Crippen LogP contribution in [0.15, 0.2) is 217 Å². The Labute approximate surface area is 309 Å². The highest BCUT2D eigenvalue weighted by Gasteiger charge is 2.41. The van der Waals surface area contributed by atoms with E-state index in [-0.39, 0.29) is 0 Å². The molecule has 0 amide bonds. The molecular weight excluding hydrogens is 659 g/mol. The van der Waals surface area contributed by atoms with Crippen LogP contribution >= 0.6 is 0 Å². The van der Waals surface area contributed by atoms with E-state index in [0.717, 1.165) is 49.8 Å². The average molecular weight is 694 g/mol. The van der Waals surface area contributed by atoms with E-state index in [1.807, 2.05) is 6.07 Å². The summed E-state index contributed by atoms with van der Waals surface area (Å²) in [6, 6.07) is 77.4. The van der Waals surface area contributed by atoms with Gasteiger partial charge in [0.2, 0.25) is 0 Å². The van der Waals surface area contributed by atoms with Gasteiger partial charge in [-0.1, -0.05) is 176 Å². The lowest BCUT2D eigenvalue weighted by Gasteiger charge is -2.35. The Morgan fingerprint density at radius 2 is 0.849 bits per heavy atom. The molecule has 0 fully saturated rings. The highest BCUT2D eigenvalue weighted by molar-refractivity contribution is 7.19. The molecule has 9 aromatic carbocycles. The molecule has 0 aliphatic heterocycles. The standard InChI is InChI=1S/C50H35NOSi/c1-4-19-39(20-5-1)53(40-21-6-2-7-22-40,41-23-8-3-9-24-41)42-33-31-38(32-34-42)51(46-27-14-17-36-16-10-11-25-43(36)46)47-28-15-18-37-30-35-45-44-26-12-13-29-48(44)52-50(45)49(37)47/h1-35H. The summed E-state index contributed by atoms with van der Waals surface area (Å²) in [4.78, 5) is 2.43. The number of rotatable bonds is 7. The first-order valence-electron chi connectivity index (χ1n) is 18.2. The van der Waals surface area contributed by atoms with Crippen molar-refractivity contribution < 1.29 is 4.42 Å². The second-order valence-electron chi connectivity index (χ2n) is 13.6. The maximum Gasteiger partial charge on any atom is 0.179 e. The average Bonchev–Trinajstić information content (AvgIpc) is 3.62. The molecule has 1 aromatic heterocycles. The lowest BCUT2D eigenvalue weighted by molar-refractivity contribution is 0.672. The Bertz CT molecular complexity index is 2780. The fourth-order valence-electron chi connectivity index (χ4n) is 8.46. The molecule has 0 bridgehead atoms. The number of hydrogen-bond acceptors (Lipinski definition) is 2. The van der Waals surface area contributed by atoms with E-state index in [9.17, 15) is 0 Å². The van der Waals surface area contributed by atoms with Crippen LogP contribution in [0.5, 0.6) is 0 Å². The molecular formula is C50H35NOSi. The van der Waals surface area contributed by atoms with Gasteiger partial charge in [0.25, 0.3) is 0 Å². The van der Waals surface area contributed by atoms with Gasteiger partial charge in [0.05, 0.1) is 11.4 Å². The number of anilines is 3. The molecule has 3 heteroatoms. The zero-order chi connectivity index (χ0) is 35.2. The molecule has 10 aromatic rings. The molecule has 0 radical (unpaired) electrons. The molecule has 0 N–H and O–H groups in total. The molecule has 250 valence electrons. The van der Waals surface area contributed by atoms with Crippen molar-refractivity contribution in [1.29, 1.82) is 0 Å². The summed E-state index contributed by atoms with van der Waals surface area (Å²) in [6.07, 6.45) is 0. The molecule has 0 saturated carbocycles. The smallest absolute Gasteiger partial charge is 0.179 e. The van der Waals surface area contributed by atoms with E-state index < -0.39 is 8.07 Å². The summed E-state index contributed by atoms with van der Waals surface area (Å²) in [5, 5.41) is 12.3. The van der Waals surface area contributed by atoms with Crippen LogP contribution in [0.1, 0.15) is 0 Å². The normalized spacial score (nSPS) is 11.8. The fourth-order valence-corrected chi connectivity index (χ4v) is 13.2. The van der Waals surface area contributed by atoms with Crippen LogP contribution in [0.4, 0.5) is 17.1 Å². The van der Waals surface area contributed by atoms with Crippen molar-refractivity contribution in [3.8, 4) is 0 Å². The number of para-hydroxylation sites is 1. The van der Waals surface area contributed by atoms with E-state index in [1.54, 1.807) is 0 Å². The van der Waals surface area contributed by atoms with E-state index in [1.165, 1.54) is 31.5 Å². The number of nitrogens with zero attached hydrogens (tertiary/aromatic N) is 1. The quantitative estimate of drug-likeness (QED) is 0.122. The van der Waals surface area contributed by atoms with E-state index in [2.05, 4.69) is 211 Å². The predicted molar refractivity (Wildman–Crippen MR) is 227 cm³/mol. The molecule has 10 rings (SSSR count). The van der Waals surface area contributed by atoms with Crippen molar-refractivity contribution in [2.45, 2.75) is 0 Å². The van der Waals surface area contributed by atoms with Gasteiger partial charge in [-0.15, -0.1) is 0 Å². The van der Waals surface area contributed by atoms with Crippen LogP contribution in [0.25, 0.3) is 43.5 Å². The second-order valence-corrected chi connectivity index (χ2v) is 17.5. The van der Waals surface area contributed by atoms with Gasteiger partial charge in [-0.2, -0.15) is 0 Å². The number of furan rings is 1. The Kier molecular flexibility index (Phi) is 7.52. The molecule has 0 saturated heterocycles. The highest BCUT2D eigenvalue weighted by atomic mass is 28.3. The molecule has 0 aliphatic carbocycles. The van der Waals surface area contributed by atoms with Gasteiger partial charge in [0.1, 0.15) is 11.2 Å². The van der Waals surface area contributed by atoms with Crippen LogP contribution in [0.3, 0.4) is 0 Å². The first-order chi connectivity index (χ1) is 26.3. The predicted octanol–water partition coefficient (Wildman–Crippen LogP) is 10.7. The third-order valence-corrected chi connectivity index (χ3v) is 15.6. The van der Waals surface area contributed by atoms with Crippen LogP contribution in [-0.2, 0) is 0 Å². The van der Waals surface area contributed by atoms with Crippen molar-refractivity contribution in [3.63, 3.8) is 0 Å². The minimum absolute atomic E-state index is 0.898. The highest BCUT2D eigenvalue weighted by Crippen LogP contribution is 2.45. The van der Waals surface area contributed by atoms with Gasteiger partial charge in [-0.05, 0) is 67.9 Å². The summed E-state index contributed by atoms with van der Waals surface area (Å²) in [6.45, 7) is 0. The summed E-state index contributed by atoms with van der Waals surface area (Å²) < 4.78 is 6.71. The van der Waals surface area contributed by atoms with E-state index in [4.69, 9.17) is 4.42 Å². The third kappa shape index (κ3) is 5.01. The van der Waals surface area contributed by atoms with E-state index in [0.29, 0.717) is 0 Å². The van der Waals surface area contributed by atoms with Crippen molar-refractivity contribution in [3.05, 3.63) is 212 Å². The lowest BCUT2D eigenvalue weighted by Crippen LogP contribution is -2.74. The summed E-state index contributed by atoms with van der Waals surface area (Å²) in [5.41, 5.74) is 5.09. The second kappa shape index (κ2) is 12.8. The first kappa shape index (κ1) is 31.1. The molecule has 2 nitrogen and oxygen atoms in total. The van der Waals surface area contributed by atoms with Gasteiger partial charge in [0.15, 0.2) is 8.07 Å². The Morgan fingerprint density at radius 3 is 1.51 bits per heavy atom. The summed E-state index contributed by atoms with van der Waals surface area (Å²) in [7, 11) is -2.69. The van der Waals surface area contributed by atoms with Crippen LogP contribution in [-0.4, -0.2) is 8.07 Å². The Balaban J connectivity index is 1.25. The van der Waals surface area contributed by atoms with Crippen molar-refractivity contribution in [1.82, 2.24) is 0 Å². The molecule has 1 heterocycles. The summed E-state index contributed by atoms with van der Waals surface area (Å²) >= 11 is 0. The van der Waals surface area contributed by atoms with Crippen molar-refractivity contribution >= 4 is 89.4 Å². The first-order valence-corrected chi connectivity index (χ1v) is 20.2. The van der Waals surface area contributed by atoms with Crippen molar-refractivity contribution in [2.24, 2.45) is 0 Å². The largest absolute Gasteiger partial charge is 0.455 e. The molecule has 0 spiro atoms. The molecule has 53 heavy (non-hydrogen) atoms. The molecule has 0 atom stereocenters. The third-order valence-electron chi connectivity index (χ3n) is 10.8. The zero-order valence-corrected chi connectivity index (χ0v) is 30.1. The van der Waals surface area contributed by atoms with E-state index >= 15 is 0 Å². The zero-order valence-electron chi connectivity index (χ0n) is 29.1. The fraction of sp³-hybridized carbons (Fsp3) is 0. The lowest BCUT2D eigenvalue weighted by atomic mass is 10.0. The summed E-state index contributed by atoms with van der Waals surface area (Å²) in [5.74, 6) is 0. The topological polar surface area (TPSA) is 16.4 Å². The monoisotopic (exact) mass is 693 g/mol. The number of hydrogen-bond donors (Lipinski definition) is 0. The van der Waals surface area contributed by atoms with Crippen LogP contribution in [0, 0.1) is 0 Å². The molecule has 0 aliphatic rings. The maximum atomic E-state index is 6.71. The van der Waals surface area contributed by atoms with Gasteiger partial charge < -0.3 is 9.32 Å². The number of benzene rings is 9. The van der Waals surface area contributed by atoms with Crippen molar-refractivity contribution in [2.75, 3.05) is 4.90 Å². The van der Waals surface area contributed by atoms with Gasteiger partial charge in [0, 0.05) is 27.2 Å². The van der Waals surface area contributed by atoms with Crippen LogP contribution < -0.4 is 25.6 Å². The van der Waals surface area contributed by atoms with Crippen LogP contribution in [0.2, 0.25) is 0 Å².